The standard InChI is InChI=1S/C14H17F3N6O/c1-2-22-12(14(15,16)17)11(6-19-22)13(24)21-5-3-4-10(7-21)23-9-18-8-20-23/h6,8-10H,2-5,7H2,1H3/t10-/m0/s1. The first-order valence-electron chi connectivity index (χ1n) is 7.68. The molecule has 2 aromatic rings. The molecule has 0 unspecified atom stereocenters. The molecule has 3 heterocycles. The molecule has 0 aromatic carbocycles. The normalized spacial score (nSPS) is 18.8. The van der Waals surface area contributed by atoms with Crippen molar-refractivity contribution in [2.45, 2.75) is 38.5 Å². The van der Waals surface area contributed by atoms with E-state index in [2.05, 4.69) is 15.2 Å². The number of aromatic nitrogens is 5. The molecule has 0 aliphatic carbocycles. The van der Waals surface area contributed by atoms with Crippen LogP contribution in [-0.2, 0) is 12.7 Å². The molecule has 1 fully saturated rings. The van der Waals surface area contributed by atoms with Crippen molar-refractivity contribution in [2.75, 3.05) is 13.1 Å². The van der Waals surface area contributed by atoms with Crippen molar-refractivity contribution in [3.8, 4) is 0 Å². The third kappa shape index (κ3) is 3.00. The van der Waals surface area contributed by atoms with Gasteiger partial charge in [0.05, 0.1) is 17.8 Å². The molecular weight excluding hydrogens is 325 g/mol. The maximum Gasteiger partial charge on any atom is 0.433 e. The van der Waals surface area contributed by atoms with Crippen molar-refractivity contribution in [3.63, 3.8) is 0 Å². The summed E-state index contributed by atoms with van der Waals surface area (Å²) >= 11 is 0. The van der Waals surface area contributed by atoms with Crippen LogP contribution in [0.5, 0.6) is 0 Å². The number of hydrogen-bond acceptors (Lipinski definition) is 4. The Morgan fingerprint density at radius 2 is 2.17 bits per heavy atom. The first-order valence-corrected chi connectivity index (χ1v) is 7.68. The SMILES string of the molecule is CCn1ncc(C(=O)N2CCC[C@H](n3cncn3)C2)c1C(F)(F)F. The van der Waals surface area contributed by atoms with Gasteiger partial charge in [-0.05, 0) is 19.8 Å². The second-order valence-corrected chi connectivity index (χ2v) is 5.64. The van der Waals surface area contributed by atoms with E-state index in [1.54, 1.807) is 17.9 Å². The Morgan fingerprint density at radius 3 is 2.79 bits per heavy atom. The van der Waals surface area contributed by atoms with Crippen LogP contribution in [0.3, 0.4) is 0 Å². The van der Waals surface area contributed by atoms with E-state index in [9.17, 15) is 18.0 Å². The Kier molecular flexibility index (Phi) is 4.29. The highest BCUT2D eigenvalue weighted by Crippen LogP contribution is 2.33. The lowest BCUT2D eigenvalue weighted by Crippen LogP contribution is -2.41. The first-order chi connectivity index (χ1) is 11.4. The molecule has 0 saturated carbocycles. The van der Waals surface area contributed by atoms with E-state index in [-0.39, 0.29) is 12.6 Å². The van der Waals surface area contributed by atoms with E-state index in [0.717, 1.165) is 17.3 Å². The molecule has 0 radical (unpaired) electrons. The number of hydrogen-bond donors (Lipinski definition) is 0. The Morgan fingerprint density at radius 1 is 1.38 bits per heavy atom. The number of likely N-dealkylation sites (tertiary alicyclic amines) is 1. The van der Waals surface area contributed by atoms with Gasteiger partial charge in [-0.15, -0.1) is 0 Å². The van der Waals surface area contributed by atoms with Crippen molar-refractivity contribution in [2.24, 2.45) is 0 Å². The molecule has 1 aliphatic heterocycles. The molecule has 1 amide bonds. The first kappa shape index (κ1) is 16.5. The minimum Gasteiger partial charge on any atom is -0.336 e. The van der Waals surface area contributed by atoms with Crippen LogP contribution in [0.15, 0.2) is 18.9 Å². The fourth-order valence-corrected chi connectivity index (χ4v) is 3.01. The van der Waals surface area contributed by atoms with Crippen LogP contribution in [-0.4, -0.2) is 48.4 Å². The fraction of sp³-hybridized carbons (Fsp3) is 0.571. The molecule has 1 saturated heterocycles. The van der Waals surface area contributed by atoms with Crippen LogP contribution < -0.4 is 0 Å². The summed E-state index contributed by atoms with van der Waals surface area (Å²) in [6.07, 6.45) is 0.821. The molecule has 1 atom stereocenters. The molecule has 1 aliphatic rings. The van der Waals surface area contributed by atoms with Gasteiger partial charge in [0, 0.05) is 19.6 Å². The molecule has 2 aromatic heterocycles. The average molecular weight is 342 g/mol. The predicted octanol–water partition coefficient (Wildman–Crippen LogP) is 1.99. The largest absolute Gasteiger partial charge is 0.433 e. The van der Waals surface area contributed by atoms with Crippen molar-refractivity contribution >= 4 is 5.91 Å². The van der Waals surface area contributed by atoms with Gasteiger partial charge in [-0.25, -0.2) is 9.67 Å². The monoisotopic (exact) mass is 342 g/mol. The van der Waals surface area contributed by atoms with Gasteiger partial charge in [-0.3, -0.25) is 9.48 Å². The molecule has 0 spiro atoms. The predicted molar refractivity (Wildman–Crippen MR) is 77.1 cm³/mol. The number of carbonyl (C=O) groups is 1. The number of halogens is 3. The van der Waals surface area contributed by atoms with E-state index in [1.165, 1.54) is 11.2 Å². The van der Waals surface area contributed by atoms with Gasteiger partial charge < -0.3 is 4.90 Å². The van der Waals surface area contributed by atoms with E-state index >= 15 is 0 Å². The van der Waals surface area contributed by atoms with Crippen molar-refractivity contribution in [1.82, 2.24) is 29.4 Å². The summed E-state index contributed by atoms with van der Waals surface area (Å²) in [4.78, 5) is 17.9. The quantitative estimate of drug-likeness (QED) is 0.855. The van der Waals surface area contributed by atoms with Crippen molar-refractivity contribution < 1.29 is 18.0 Å². The van der Waals surface area contributed by atoms with Crippen LogP contribution in [0.25, 0.3) is 0 Å². The third-order valence-corrected chi connectivity index (χ3v) is 4.13. The van der Waals surface area contributed by atoms with Crippen molar-refractivity contribution in [3.05, 3.63) is 30.1 Å². The minimum absolute atomic E-state index is 0.0453. The topological polar surface area (TPSA) is 68.8 Å². The summed E-state index contributed by atoms with van der Waals surface area (Å²) in [7, 11) is 0. The number of rotatable bonds is 3. The lowest BCUT2D eigenvalue weighted by Gasteiger charge is -2.32. The molecular formula is C14H17F3N6O. The van der Waals surface area contributed by atoms with Gasteiger partial charge in [0.2, 0.25) is 0 Å². The van der Waals surface area contributed by atoms with Gasteiger partial charge in [0.1, 0.15) is 12.7 Å². The Hall–Kier alpha value is -2.39. The highest BCUT2D eigenvalue weighted by atomic mass is 19.4. The zero-order valence-electron chi connectivity index (χ0n) is 13.1. The highest BCUT2D eigenvalue weighted by molar-refractivity contribution is 5.95. The second-order valence-electron chi connectivity index (χ2n) is 5.64. The summed E-state index contributed by atoms with van der Waals surface area (Å²) in [6, 6.07) is -0.0826. The van der Waals surface area contributed by atoms with Crippen molar-refractivity contribution in [1.29, 1.82) is 0 Å². The summed E-state index contributed by atoms with van der Waals surface area (Å²) in [5.74, 6) is -0.646. The number of amides is 1. The zero-order chi connectivity index (χ0) is 17.3. The summed E-state index contributed by atoms with van der Waals surface area (Å²) in [6.45, 7) is 2.32. The smallest absolute Gasteiger partial charge is 0.336 e. The van der Waals surface area contributed by atoms with Crippen LogP contribution in [0.1, 0.15) is 41.9 Å². The second kappa shape index (κ2) is 6.25. The molecule has 24 heavy (non-hydrogen) atoms. The summed E-state index contributed by atoms with van der Waals surface area (Å²) < 4.78 is 42.4. The lowest BCUT2D eigenvalue weighted by molar-refractivity contribution is -0.144. The van der Waals surface area contributed by atoms with E-state index in [0.29, 0.717) is 19.5 Å². The van der Waals surface area contributed by atoms with Gasteiger partial charge in [-0.2, -0.15) is 23.4 Å². The molecule has 130 valence electrons. The molecule has 0 N–H and O–H groups in total. The Balaban J connectivity index is 1.85. The van der Waals surface area contributed by atoms with E-state index < -0.39 is 23.3 Å². The zero-order valence-corrected chi connectivity index (χ0v) is 13.1. The molecule has 0 bridgehead atoms. The number of piperidine rings is 1. The summed E-state index contributed by atoms with van der Waals surface area (Å²) in [5, 5.41) is 7.76. The number of aryl methyl sites for hydroxylation is 1. The maximum atomic E-state index is 13.3. The van der Waals surface area contributed by atoms with Crippen LogP contribution in [0.2, 0.25) is 0 Å². The molecule has 3 rings (SSSR count). The summed E-state index contributed by atoms with van der Waals surface area (Å²) in [5.41, 5.74) is -1.39. The third-order valence-electron chi connectivity index (χ3n) is 4.13. The molecule has 7 nitrogen and oxygen atoms in total. The Labute approximate surface area is 136 Å². The number of carbonyl (C=O) groups excluding carboxylic acids is 1. The minimum atomic E-state index is -4.63. The highest BCUT2D eigenvalue weighted by Gasteiger charge is 2.41. The number of alkyl halides is 3. The van der Waals surface area contributed by atoms with Gasteiger partial charge in [0.25, 0.3) is 5.91 Å². The lowest BCUT2D eigenvalue weighted by atomic mass is 10.0. The average Bonchev–Trinajstić information content (AvgIpc) is 3.23. The van der Waals surface area contributed by atoms with Crippen LogP contribution >= 0.6 is 0 Å². The maximum absolute atomic E-state index is 13.3. The number of nitrogens with zero attached hydrogens (tertiary/aromatic N) is 6. The Bertz CT molecular complexity index is 709. The molecule has 10 heteroatoms. The van der Waals surface area contributed by atoms with Gasteiger partial charge in [-0.1, -0.05) is 0 Å². The fourth-order valence-electron chi connectivity index (χ4n) is 3.01. The van der Waals surface area contributed by atoms with E-state index in [1.807, 2.05) is 0 Å². The van der Waals surface area contributed by atoms with Gasteiger partial charge in [0.15, 0.2) is 5.69 Å². The van der Waals surface area contributed by atoms with E-state index in [4.69, 9.17) is 0 Å². The van der Waals surface area contributed by atoms with Crippen LogP contribution in [0.4, 0.5) is 13.2 Å². The van der Waals surface area contributed by atoms with Gasteiger partial charge >= 0.3 is 6.18 Å². The van der Waals surface area contributed by atoms with Crippen LogP contribution in [0, 0.1) is 0 Å².